The fraction of sp³-hybridized carbons (Fsp3) is 0.440. The molecule has 2 amide bonds. The zero-order valence-electron chi connectivity index (χ0n) is 19.5. The van der Waals surface area contributed by atoms with Crippen molar-refractivity contribution in [3.8, 4) is 11.1 Å². The molecule has 6 nitrogen and oxygen atoms in total. The first-order chi connectivity index (χ1) is 14.8. The van der Waals surface area contributed by atoms with Crippen molar-refractivity contribution in [2.45, 2.75) is 58.3 Å². The van der Waals surface area contributed by atoms with Gasteiger partial charge < -0.3 is 19.7 Å². The second-order valence-corrected chi connectivity index (χ2v) is 10.5. The molecule has 1 N–H and O–H groups in total. The molecule has 0 bridgehead atoms. The van der Waals surface area contributed by atoms with Gasteiger partial charge in [-0.25, -0.2) is 9.59 Å². The van der Waals surface area contributed by atoms with Crippen LogP contribution in [0.25, 0.3) is 11.1 Å². The number of carbonyl (C=O) groups is 2. The standard InChI is InChI=1S/C25H31ClN2O4/c1-23(2,3)31-21(29)27-25(15-28(16-25)22(30)32-24(4,5)6)20-10-8-7-9-19(20)17-11-13-18(26)14-12-17/h7-14H,15-16H2,1-6H3,(H,27,29). The topological polar surface area (TPSA) is 67.9 Å². The predicted octanol–water partition coefficient (Wildman–Crippen LogP) is 5.98. The van der Waals surface area contributed by atoms with Crippen molar-refractivity contribution in [1.29, 1.82) is 0 Å². The third-order valence-corrected chi connectivity index (χ3v) is 5.16. The number of nitrogens with zero attached hydrogens (tertiary/aromatic N) is 1. The van der Waals surface area contributed by atoms with Crippen LogP contribution in [0.15, 0.2) is 48.5 Å². The Morgan fingerprint density at radius 2 is 1.47 bits per heavy atom. The summed E-state index contributed by atoms with van der Waals surface area (Å²) in [6.07, 6.45) is -0.949. The van der Waals surface area contributed by atoms with E-state index >= 15 is 0 Å². The van der Waals surface area contributed by atoms with E-state index in [9.17, 15) is 9.59 Å². The molecule has 0 atom stereocenters. The molecule has 1 heterocycles. The second-order valence-electron chi connectivity index (χ2n) is 10.1. The molecule has 0 aromatic heterocycles. The smallest absolute Gasteiger partial charge is 0.410 e. The Balaban J connectivity index is 1.95. The Morgan fingerprint density at radius 1 is 0.906 bits per heavy atom. The molecule has 1 aliphatic rings. The van der Waals surface area contributed by atoms with E-state index in [1.54, 1.807) is 4.90 Å². The van der Waals surface area contributed by atoms with Gasteiger partial charge in [0.25, 0.3) is 0 Å². The van der Waals surface area contributed by atoms with Crippen LogP contribution in [0.3, 0.4) is 0 Å². The molecule has 1 saturated heterocycles. The Bertz CT molecular complexity index is 984. The number of nitrogens with one attached hydrogen (secondary N) is 1. The number of hydrogen-bond acceptors (Lipinski definition) is 4. The monoisotopic (exact) mass is 458 g/mol. The van der Waals surface area contributed by atoms with Crippen molar-refractivity contribution in [2.24, 2.45) is 0 Å². The van der Waals surface area contributed by atoms with E-state index in [-0.39, 0.29) is 13.1 Å². The van der Waals surface area contributed by atoms with E-state index < -0.39 is 28.9 Å². The van der Waals surface area contributed by atoms with E-state index in [4.69, 9.17) is 21.1 Å². The van der Waals surface area contributed by atoms with Crippen LogP contribution < -0.4 is 5.32 Å². The normalized spacial score (nSPS) is 15.5. The minimum Gasteiger partial charge on any atom is -0.444 e. The van der Waals surface area contributed by atoms with Crippen molar-refractivity contribution >= 4 is 23.8 Å². The summed E-state index contributed by atoms with van der Waals surface area (Å²) in [6, 6.07) is 15.4. The first-order valence-electron chi connectivity index (χ1n) is 10.6. The van der Waals surface area contributed by atoms with Crippen LogP contribution in [0.2, 0.25) is 5.02 Å². The molecule has 32 heavy (non-hydrogen) atoms. The fourth-order valence-electron chi connectivity index (χ4n) is 3.66. The maximum Gasteiger partial charge on any atom is 0.410 e. The van der Waals surface area contributed by atoms with Gasteiger partial charge >= 0.3 is 12.2 Å². The highest BCUT2D eigenvalue weighted by Gasteiger charge is 2.50. The van der Waals surface area contributed by atoms with Crippen LogP contribution in [-0.2, 0) is 15.0 Å². The molecule has 3 rings (SSSR count). The van der Waals surface area contributed by atoms with Crippen LogP contribution >= 0.6 is 11.6 Å². The quantitative estimate of drug-likeness (QED) is 0.614. The Kier molecular flexibility index (Phi) is 6.47. The summed E-state index contributed by atoms with van der Waals surface area (Å²) in [7, 11) is 0. The zero-order valence-corrected chi connectivity index (χ0v) is 20.2. The lowest BCUT2D eigenvalue weighted by molar-refractivity contribution is -0.0228. The molecule has 7 heteroatoms. The fourth-order valence-corrected chi connectivity index (χ4v) is 3.78. The van der Waals surface area contributed by atoms with Crippen molar-refractivity contribution in [3.63, 3.8) is 0 Å². The number of benzene rings is 2. The summed E-state index contributed by atoms with van der Waals surface area (Å²) in [5, 5.41) is 3.68. The number of likely N-dealkylation sites (tertiary alicyclic amines) is 1. The first-order valence-corrected chi connectivity index (χ1v) is 11.0. The lowest BCUT2D eigenvalue weighted by Gasteiger charge is -2.50. The molecule has 172 valence electrons. The maximum absolute atomic E-state index is 12.8. The van der Waals surface area contributed by atoms with Crippen molar-refractivity contribution in [3.05, 3.63) is 59.1 Å². The first kappa shape index (κ1) is 23.9. The lowest BCUT2D eigenvalue weighted by Crippen LogP contribution is -2.69. The number of amides is 2. The van der Waals surface area contributed by atoms with Crippen LogP contribution in [0.1, 0.15) is 47.1 Å². The number of ether oxygens (including phenoxy) is 2. The Hall–Kier alpha value is -2.73. The predicted molar refractivity (Wildman–Crippen MR) is 126 cm³/mol. The maximum atomic E-state index is 12.8. The van der Waals surface area contributed by atoms with Gasteiger partial charge in [-0.1, -0.05) is 48.0 Å². The minimum absolute atomic E-state index is 0.270. The summed E-state index contributed by atoms with van der Waals surface area (Å²) >= 11 is 6.07. The average molecular weight is 459 g/mol. The molecule has 0 spiro atoms. The van der Waals surface area contributed by atoms with Gasteiger partial charge in [-0.15, -0.1) is 0 Å². The van der Waals surface area contributed by atoms with Crippen LogP contribution in [-0.4, -0.2) is 41.4 Å². The van der Waals surface area contributed by atoms with Crippen molar-refractivity contribution in [1.82, 2.24) is 10.2 Å². The molecular weight excluding hydrogens is 428 g/mol. The van der Waals surface area contributed by atoms with E-state index in [0.29, 0.717) is 5.02 Å². The van der Waals surface area contributed by atoms with Gasteiger partial charge in [0.05, 0.1) is 13.1 Å². The van der Waals surface area contributed by atoms with E-state index in [1.165, 1.54) is 0 Å². The van der Waals surface area contributed by atoms with Gasteiger partial charge in [-0.05, 0) is 70.4 Å². The van der Waals surface area contributed by atoms with Gasteiger partial charge in [-0.2, -0.15) is 0 Å². The third-order valence-electron chi connectivity index (χ3n) is 4.91. The SMILES string of the molecule is CC(C)(C)OC(=O)NC1(c2ccccc2-c2ccc(Cl)cc2)CN(C(=O)OC(C)(C)C)C1. The molecule has 0 unspecified atom stereocenters. The minimum atomic E-state index is -0.810. The molecule has 2 aromatic carbocycles. The number of hydrogen-bond donors (Lipinski definition) is 1. The summed E-state index contributed by atoms with van der Waals surface area (Å²) in [5.74, 6) is 0. The van der Waals surface area contributed by atoms with Gasteiger partial charge in [0.1, 0.15) is 16.7 Å². The highest BCUT2D eigenvalue weighted by atomic mass is 35.5. The average Bonchev–Trinajstić information content (AvgIpc) is 2.62. The Labute approximate surface area is 194 Å². The largest absolute Gasteiger partial charge is 0.444 e. The summed E-state index contributed by atoms with van der Waals surface area (Å²) in [4.78, 5) is 26.9. The third kappa shape index (κ3) is 5.74. The van der Waals surface area contributed by atoms with Gasteiger partial charge in [0.2, 0.25) is 0 Å². The molecular formula is C25H31ClN2O4. The number of carbonyl (C=O) groups excluding carboxylic acids is 2. The van der Waals surface area contributed by atoms with Gasteiger partial charge in [0.15, 0.2) is 0 Å². The molecule has 0 aliphatic carbocycles. The van der Waals surface area contributed by atoms with Crippen LogP contribution in [0, 0.1) is 0 Å². The Morgan fingerprint density at radius 3 is 2.03 bits per heavy atom. The molecule has 1 fully saturated rings. The number of halogens is 1. The van der Waals surface area contributed by atoms with E-state index in [0.717, 1.165) is 16.7 Å². The van der Waals surface area contributed by atoms with Gasteiger partial charge in [-0.3, -0.25) is 0 Å². The molecule has 2 aromatic rings. The number of alkyl carbamates (subject to hydrolysis) is 1. The van der Waals surface area contributed by atoms with Gasteiger partial charge in [0, 0.05) is 5.02 Å². The highest BCUT2D eigenvalue weighted by molar-refractivity contribution is 6.30. The molecule has 1 aliphatic heterocycles. The van der Waals surface area contributed by atoms with Crippen molar-refractivity contribution in [2.75, 3.05) is 13.1 Å². The summed E-state index contributed by atoms with van der Waals surface area (Å²) in [6.45, 7) is 11.5. The zero-order chi connectivity index (χ0) is 23.7. The highest BCUT2D eigenvalue weighted by Crippen LogP contribution is 2.39. The van der Waals surface area contributed by atoms with Crippen LogP contribution in [0.5, 0.6) is 0 Å². The summed E-state index contributed by atoms with van der Waals surface area (Å²) in [5.41, 5.74) is 0.753. The van der Waals surface area contributed by atoms with E-state index in [1.807, 2.05) is 90.1 Å². The van der Waals surface area contributed by atoms with Crippen molar-refractivity contribution < 1.29 is 19.1 Å². The molecule has 0 saturated carbocycles. The van der Waals surface area contributed by atoms with Crippen LogP contribution in [0.4, 0.5) is 9.59 Å². The summed E-state index contributed by atoms with van der Waals surface area (Å²) < 4.78 is 11.0. The van der Waals surface area contributed by atoms with E-state index in [2.05, 4.69) is 5.32 Å². The lowest BCUT2D eigenvalue weighted by atomic mass is 9.78. The number of rotatable bonds is 3. The second kappa shape index (κ2) is 8.66. The molecule has 0 radical (unpaired) electrons.